The Morgan fingerprint density at radius 1 is 1.65 bits per heavy atom. The number of carbonyl (C=O) groups excluding carboxylic acids is 1. The molecule has 0 saturated heterocycles. The van der Waals surface area contributed by atoms with Crippen molar-refractivity contribution in [3.05, 3.63) is 23.2 Å². The molecule has 1 aromatic rings. The van der Waals surface area contributed by atoms with E-state index in [1.54, 1.807) is 25.2 Å². The van der Waals surface area contributed by atoms with Gasteiger partial charge in [-0.05, 0) is 18.2 Å². The van der Waals surface area contributed by atoms with Crippen molar-refractivity contribution in [1.82, 2.24) is 0 Å². The molecule has 1 amide bonds. The van der Waals surface area contributed by atoms with Crippen LogP contribution in [0, 0.1) is 0 Å². The zero-order valence-corrected chi connectivity index (χ0v) is 10.4. The summed E-state index contributed by atoms with van der Waals surface area (Å²) in [4.78, 5) is 13.0. The van der Waals surface area contributed by atoms with Crippen molar-refractivity contribution < 1.29 is 14.6 Å². The monoisotopic (exact) mass is 258 g/mol. The Hall–Kier alpha value is -1.30. The van der Waals surface area contributed by atoms with Gasteiger partial charge in [0.25, 0.3) is 5.91 Å². The van der Waals surface area contributed by atoms with Crippen molar-refractivity contribution in [2.45, 2.75) is 6.10 Å². The summed E-state index contributed by atoms with van der Waals surface area (Å²) < 4.78 is 5.00. The number of methoxy groups -OCH3 is 1. The van der Waals surface area contributed by atoms with Crippen LogP contribution < -0.4 is 15.4 Å². The number of aliphatic hydroxyl groups is 1. The van der Waals surface area contributed by atoms with Gasteiger partial charge in [-0.15, -0.1) is 0 Å². The molecule has 1 rings (SSSR count). The van der Waals surface area contributed by atoms with Crippen LogP contribution in [0.4, 0.5) is 5.69 Å². The molecular formula is C11H15ClN2O3. The summed E-state index contributed by atoms with van der Waals surface area (Å²) in [5.74, 6) is 0.0457. The van der Waals surface area contributed by atoms with E-state index in [0.29, 0.717) is 16.5 Å². The standard InChI is InChI=1S/C11H15ClN2O3/c1-14(11(16)9(15)6-13)7-3-4-10(17-2)8(12)5-7/h3-5,9,15H,6,13H2,1-2H3. The molecule has 0 spiro atoms. The number of rotatable bonds is 4. The van der Waals surface area contributed by atoms with Gasteiger partial charge >= 0.3 is 0 Å². The molecule has 1 aromatic carbocycles. The second kappa shape index (κ2) is 5.86. The highest BCUT2D eigenvalue weighted by Crippen LogP contribution is 2.28. The lowest BCUT2D eigenvalue weighted by molar-refractivity contribution is -0.125. The number of nitrogens with zero attached hydrogens (tertiary/aromatic N) is 1. The van der Waals surface area contributed by atoms with Crippen LogP contribution in [0.15, 0.2) is 18.2 Å². The van der Waals surface area contributed by atoms with Gasteiger partial charge in [0.05, 0.1) is 12.1 Å². The highest BCUT2D eigenvalue weighted by atomic mass is 35.5. The van der Waals surface area contributed by atoms with E-state index in [2.05, 4.69) is 0 Å². The Morgan fingerprint density at radius 3 is 2.76 bits per heavy atom. The van der Waals surface area contributed by atoms with E-state index in [-0.39, 0.29) is 6.54 Å². The van der Waals surface area contributed by atoms with Gasteiger partial charge in [-0.25, -0.2) is 0 Å². The van der Waals surface area contributed by atoms with Crippen molar-refractivity contribution in [2.75, 3.05) is 25.6 Å². The zero-order valence-electron chi connectivity index (χ0n) is 9.68. The molecule has 1 atom stereocenters. The third kappa shape index (κ3) is 3.09. The number of nitrogens with two attached hydrogens (primary N) is 1. The van der Waals surface area contributed by atoms with E-state index in [1.807, 2.05) is 0 Å². The summed E-state index contributed by atoms with van der Waals surface area (Å²) >= 11 is 5.94. The first-order valence-electron chi connectivity index (χ1n) is 5.00. The van der Waals surface area contributed by atoms with Crippen LogP contribution in [0.25, 0.3) is 0 Å². The van der Waals surface area contributed by atoms with Gasteiger partial charge in [-0.1, -0.05) is 11.6 Å². The number of likely N-dealkylation sites (N-methyl/N-ethyl adjacent to an activating group) is 1. The van der Waals surface area contributed by atoms with Crippen molar-refractivity contribution >= 4 is 23.2 Å². The molecule has 0 aromatic heterocycles. The smallest absolute Gasteiger partial charge is 0.256 e. The average molecular weight is 259 g/mol. The normalized spacial score (nSPS) is 12.1. The van der Waals surface area contributed by atoms with Gasteiger partial charge < -0.3 is 20.5 Å². The van der Waals surface area contributed by atoms with Crippen LogP contribution in [0.1, 0.15) is 0 Å². The highest BCUT2D eigenvalue weighted by molar-refractivity contribution is 6.32. The Labute approximate surface area is 105 Å². The molecule has 94 valence electrons. The second-order valence-electron chi connectivity index (χ2n) is 3.47. The number of aliphatic hydroxyl groups excluding tert-OH is 1. The lowest BCUT2D eigenvalue weighted by Crippen LogP contribution is -2.40. The molecule has 3 N–H and O–H groups in total. The van der Waals surface area contributed by atoms with Gasteiger partial charge in [0.1, 0.15) is 11.9 Å². The SMILES string of the molecule is COc1ccc(N(C)C(=O)C(O)CN)cc1Cl. The van der Waals surface area contributed by atoms with Gasteiger partial charge in [0.15, 0.2) is 0 Å². The molecule has 17 heavy (non-hydrogen) atoms. The van der Waals surface area contributed by atoms with Crippen molar-refractivity contribution in [3.8, 4) is 5.75 Å². The summed E-state index contributed by atoms with van der Waals surface area (Å²) in [6.07, 6.45) is -1.21. The summed E-state index contributed by atoms with van der Waals surface area (Å²) in [7, 11) is 3.05. The number of ether oxygens (including phenoxy) is 1. The maximum Gasteiger partial charge on any atom is 0.256 e. The molecule has 5 nitrogen and oxygen atoms in total. The minimum atomic E-state index is -1.21. The van der Waals surface area contributed by atoms with E-state index in [1.165, 1.54) is 12.0 Å². The first-order chi connectivity index (χ1) is 8.01. The Balaban J connectivity index is 2.93. The van der Waals surface area contributed by atoms with Crippen molar-refractivity contribution in [1.29, 1.82) is 0 Å². The maximum absolute atomic E-state index is 11.7. The molecular weight excluding hydrogens is 244 g/mol. The lowest BCUT2D eigenvalue weighted by atomic mass is 10.2. The molecule has 0 fully saturated rings. The summed E-state index contributed by atoms with van der Waals surface area (Å²) in [5, 5.41) is 9.75. The van der Waals surface area contributed by atoms with E-state index in [0.717, 1.165) is 0 Å². The largest absolute Gasteiger partial charge is 0.495 e. The van der Waals surface area contributed by atoms with Crippen LogP contribution in [-0.2, 0) is 4.79 Å². The number of amides is 1. The number of carbonyl (C=O) groups is 1. The van der Waals surface area contributed by atoms with E-state index in [4.69, 9.17) is 22.1 Å². The predicted octanol–water partition coefficient (Wildman–Crippen LogP) is 0.631. The van der Waals surface area contributed by atoms with Crippen LogP contribution in [-0.4, -0.2) is 37.8 Å². The number of halogens is 1. The predicted molar refractivity (Wildman–Crippen MR) is 66.5 cm³/mol. The second-order valence-corrected chi connectivity index (χ2v) is 3.87. The molecule has 0 bridgehead atoms. The Bertz CT molecular complexity index is 412. The molecule has 0 aliphatic rings. The van der Waals surface area contributed by atoms with Gasteiger partial charge in [0.2, 0.25) is 0 Å². The molecule has 0 aliphatic heterocycles. The topological polar surface area (TPSA) is 75.8 Å². The molecule has 6 heteroatoms. The average Bonchev–Trinajstić information content (AvgIpc) is 2.35. The number of hydrogen-bond acceptors (Lipinski definition) is 4. The Morgan fingerprint density at radius 2 is 2.29 bits per heavy atom. The van der Waals surface area contributed by atoms with Crippen LogP contribution >= 0.6 is 11.6 Å². The van der Waals surface area contributed by atoms with E-state index in [9.17, 15) is 9.90 Å². The van der Waals surface area contributed by atoms with E-state index >= 15 is 0 Å². The molecule has 0 saturated carbocycles. The highest BCUT2D eigenvalue weighted by Gasteiger charge is 2.19. The fourth-order valence-corrected chi connectivity index (χ4v) is 1.57. The Kier molecular flexibility index (Phi) is 4.74. The van der Waals surface area contributed by atoms with Crippen LogP contribution in [0.5, 0.6) is 5.75 Å². The lowest BCUT2D eigenvalue weighted by Gasteiger charge is -2.20. The molecule has 0 aliphatic carbocycles. The van der Waals surface area contributed by atoms with E-state index < -0.39 is 12.0 Å². The first-order valence-corrected chi connectivity index (χ1v) is 5.38. The summed E-state index contributed by atoms with van der Waals surface area (Å²) in [6, 6.07) is 4.91. The zero-order chi connectivity index (χ0) is 13.0. The minimum absolute atomic E-state index is 0.118. The number of anilines is 1. The maximum atomic E-state index is 11.7. The molecule has 0 heterocycles. The number of benzene rings is 1. The van der Waals surface area contributed by atoms with Crippen LogP contribution in [0.3, 0.4) is 0 Å². The summed E-state index contributed by atoms with van der Waals surface area (Å²) in [6.45, 7) is -0.118. The molecule has 0 radical (unpaired) electrons. The first kappa shape index (κ1) is 13.8. The molecule has 1 unspecified atom stereocenters. The van der Waals surface area contributed by atoms with Gasteiger partial charge in [-0.3, -0.25) is 4.79 Å². The quantitative estimate of drug-likeness (QED) is 0.831. The third-order valence-corrected chi connectivity index (χ3v) is 2.66. The fourth-order valence-electron chi connectivity index (χ4n) is 1.32. The third-order valence-electron chi connectivity index (χ3n) is 2.36. The van der Waals surface area contributed by atoms with Crippen molar-refractivity contribution in [2.24, 2.45) is 5.73 Å². The minimum Gasteiger partial charge on any atom is -0.495 e. The van der Waals surface area contributed by atoms with Gasteiger partial charge in [0, 0.05) is 19.3 Å². The number of hydrogen-bond donors (Lipinski definition) is 2. The van der Waals surface area contributed by atoms with Gasteiger partial charge in [-0.2, -0.15) is 0 Å². The van der Waals surface area contributed by atoms with Crippen LogP contribution in [0.2, 0.25) is 5.02 Å². The summed E-state index contributed by atoms with van der Waals surface area (Å²) in [5.41, 5.74) is 5.78. The van der Waals surface area contributed by atoms with Crippen molar-refractivity contribution in [3.63, 3.8) is 0 Å². The fraction of sp³-hybridized carbons (Fsp3) is 0.364.